The summed E-state index contributed by atoms with van der Waals surface area (Å²) in [6.45, 7) is 4.88. The second kappa shape index (κ2) is 8.94. The summed E-state index contributed by atoms with van der Waals surface area (Å²) in [5.41, 5.74) is 4.36. The van der Waals surface area contributed by atoms with Crippen LogP contribution in [0, 0.1) is 0 Å². The van der Waals surface area contributed by atoms with Crippen molar-refractivity contribution in [3.63, 3.8) is 0 Å². The Morgan fingerprint density at radius 1 is 0.773 bits per heavy atom. The molecule has 0 amide bonds. The van der Waals surface area contributed by atoms with E-state index in [4.69, 9.17) is 4.74 Å². The van der Waals surface area contributed by atoms with Crippen molar-refractivity contribution in [2.45, 2.75) is 19.4 Å². The molecule has 2 nitrogen and oxygen atoms in total. The Kier molecular flexibility index (Phi) is 6.91. The van der Waals surface area contributed by atoms with E-state index in [9.17, 15) is 0 Å². The Morgan fingerprint density at radius 3 is 2.14 bits per heavy atom. The minimum Gasteiger partial charge on any atom is -0.379 e. The predicted molar refractivity (Wildman–Crippen MR) is 93.6 cm³/mol. The van der Waals surface area contributed by atoms with Crippen LogP contribution in [0.1, 0.15) is 16.7 Å². The van der Waals surface area contributed by atoms with Gasteiger partial charge in [0.05, 0.1) is 13.2 Å². The fraction of sp³-hybridized carbons (Fsp3) is 0.368. The molecule has 3 rings (SSSR count). The SMILES string of the molecule is Cl.c1ccc(CCc2ccccc2CN2CCOCC2)cc1. The van der Waals surface area contributed by atoms with Gasteiger partial charge >= 0.3 is 0 Å². The molecule has 0 N–H and O–H groups in total. The first-order chi connectivity index (χ1) is 10.4. The average Bonchev–Trinajstić information content (AvgIpc) is 2.56. The van der Waals surface area contributed by atoms with Gasteiger partial charge in [-0.05, 0) is 29.5 Å². The van der Waals surface area contributed by atoms with Crippen molar-refractivity contribution in [1.82, 2.24) is 4.90 Å². The second-order valence-electron chi connectivity index (χ2n) is 5.64. The van der Waals surface area contributed by atoms with Gasteiger partial charge in [-0.3, -0.25) is 4.90 Å². The van der Waals surface area contributed by atoms with Gasteiger partial charge in [0.2, 0.25) is 0 Å². The van der Waals surface area contributed by atoms with Crippen LogP contribution in [0.25, 0.3) is 0 Å². The molecular formula is C19H24ClNO. The van der Waals surface area contributed by atoms with Crippen LogP contribution in [-0.4, -0.2) is 31.2 Å². The Morgan fingerprint density at radius 2 is 1.41 bits per heavy atom. The lowest BCUT2D eigenvalue weighted by molar-refractivity contribution is 0.0341. The first-order valence-electron chi connectivity index (χ1n) is 7.82. The van der Waals surface area contributed by atoms with Gasteiger partial charge in [-0.2, -0.15) is 0 Å². The van der Waals surface area contributed by atoms with E-state index in [1.165, 1.54) is 16.7 Å². The van der Waals surface area contributed by atoms with Gasteiger partial charge in [0.15, 0.2) is 0 Å². The highest BCUT2D eigenvalue weighted by Gasteiger charge is 2.12. The minimum absolute atomic E-state index is 0. The van der Waals surface area contributed by atoms with Gasteiger partial charge in [0.1, 0.15) is 0 Å². The number of hydrogen-bond donors (Lipinski definition) is 0. The van der Waals surface area contributed by atoms with Gasteiger partial charge in [0.25, 0.3) is 0 Å². The molecule has 0 aliphatic carbocycles. The molecule has 2 aromatic carbocycles. The Labute approximate surface area is 139 Å². The Bertz CT molecular complexity index is 552. The molecule has 2 aromatic rings. The molecule has 1 fully saturated rings. The van der Waals surface area contributed by atoms with Gasteiger partial charge in [-0.1, -0.05) is 54.6 Å². The molecule has 0 aromatic heterocycles. The third-order valence-electron chi connectivity index (χ3n) is 4.14. The molecule has 0 radical (unpaired) electrons. The Balaban J connectivity index is 0.00000176. The molecule has 0 spiro atoms. The topological polar surface area (TPSA) is 12.5 Å². The van der Waals surface area contributed by atoms with E-state index in [1.54, 1.807) is 0 Å². The first-order valence-corrected chi connectivity index (χ1v) is 7.82. The van der Waals surface area contributed by atoms with Crippen molar-refractivity contribution in [3.05, 3.63) is 71.3 Å². The van der Waals surface area contributed by atoms with Crippen LogP contribution in [0.5, 0.6) is 0 Å². The smallest absolute Gasteiger partial charge is 0.0594 e. The van der Waals surface area contributed by atoms with E-state index in [0.717, 1.165) is 45.7 Å². The highest BCUT2D eigenvalue weighted by atomic mass is 35.5. The van der Waals surface area contributed by atoms with Crippen molar-refractivity contribution >= 4 is 12.4 Å². The van der Waals surface area contributed by atoms with Crippen LogP contribution >= 0.6 is 12.4 Å². The van der Waals surface area contributed by atoms with E-state index >= 15 is 0 Å². The molecule has 0 unspecified atom stereocenters. The highest BCUT2D eigenvalue weighted by Crippen LogP contribution is 2.15. The van der Waals surface area contributed by atoms with E-state index in [0.29, 0.717) is 0 Å². The van der Waals surface area contributed by atoms with Gasteiger partial charge in [0, 0.05) is 19.6 Å². The van der Waals surface area contributed by atoms with Crippen molar-refractivity contribution in [2.24, 2.45) is 0 Å². The molecular weight excluding hydrogens is 294 g/mol. The van der Waals surface area contributed by atoms with E-state index < -0.39 is 0 Å². The third-order valence-corrected chi connectivity index (χ3v) is 4.14. The molecule has 0 bridgehead atoms. The fourth-order valence-corrected chi connectivity index (χ4v) is 2.88. The van der Waals surface area contributed by atoms with Crippen LogP contribution in [0.3, 0.4) is 0 Å². The molecule has 0 atom stereocenters. The molecule has 22 heavy (non-hydrogen) atoms. The lowest BCUT2D eigenvalue weighted by Gasteiger charge is -2.27. The Hall–Kier alpha value is -1.35. The monoisotopic (exact) mass is 317 g/mol. The summed E-state index contributed by atoms with van der Waals surface area (Å²) in [5.74, 6) is 0. The van der Waals surface area contributed by atoms with Crippen LogP contribution in [0.4, 0.5) is 0 Å². The number of aryl methyl sites for hydroxylation is 2. The molecule has 1 aliphatic rings. The lowest BCUT2D eigenvalue weighted by Crippen LogP contribution is -2.35. The van der Waals surface area contributed by atoms with Crippen molar-refractivity contribution in [2.75, 3.05) is 26.3 Å². The molecule has 3 heteroatoms. The average molecular weight is 318 g/mol. The van der Waals surface area contributed by atoms with Crippen LogP contribution in [0.2, 0.25) is 0 Å². The summed E-state index contributed by atoms with van der Waals surface area (Å²) >= 11 is 0. The first kappa shape index (κ1) is 17.0. The second-order valence-corrected chi connectivity index (χ2v) is 5.64. The quantitative estimate of drug-likeness (QED) is 0.833. The van der Waals surface area contributed by atoms with E-state index in [1.807, 2.05) is 0 Å². The molecule has 1 aliphatic heterocycles. The number of nitrogens with zero attached hydrogens (tertiary/aromatic N) is 1. The maximum atomic E-state index is 5.43. The van der Waals surface area contributed by atoms with Crippen LogP contribution in [0.15, 0.2) is 54.6 Å². The minimum atomic E-state index is 0. The largest absolute Gasteiger partial charge is 0.379 e. The summed E-state index contributed by atoms with van der Waals surface area (Å²) in [6, 6.07) is 19.6. The predicted octanol–water partition coefficient (Wildman–Crippen LogP) is 3.73. The molecule has 118 valence electrons. The normalized spacial score (nSPS) is 15.3. The maximum absolute atomic E-state index is 5.43. The number of hydrogen-bond acceptors (Lipinski definition) is 2. The zero-order chi connectivity index (χ0) is 14.3. The highest BCUT2D eigenvalue weighted by molar-refractivity contribution is 5.85. The number of rotatable bonds is 5. The summed E-state index contributed by atoms with van der Waals surface area (Å²) in [5, 5.41) is 0. The molecule has 1 saturated heterocycles. The summed E-state index contributed by atoms with van der Waals surface area (Å²) in [6.07, 6.45) is 2.23. The summed E-state index contributed by atoms with van der Waals surface area (Å²) < 4.78 is 5.43. The number of morpholine rings is 1. The molecule has 0 saturated carbocycles. The van der Waals surface area contributed by atoms with E-state index in [2.05, 4.69) is 59.5 Å². The standard InChI is InChI=1S/C19H23NO.ClH/c1-2-6-17(7-3-1)10-11-18-8-4-5-9-19(18)16-20-12-14-21-15-13-20;/h1-9H,10-16H2;1H. The van der Waals surface area contributed by atoms with Gasteiger partial charge in [-0.15, -0.1) is 12.4 Å². The van der Waals surface area contributed by atoms with Gasteiger partial charge in [-0.25, -0.2) is 0 Å². The van der Waals surface area contributed by atoms with Gasteiger partial charge < -0.3 is 4.74 Å². The zero-order valence-corrected chi connectivity index (χ0v) is 13.7. The van der Waals surface area contributed by atoms with Crippen LogP contribution in [-0.2, 0) is 24.1 Å². The number of ether oxygens (including phenoxy) is 1. The maximum Gasteiger partial charge on any atom is 0.0594 e. The van der Waals surface area contributed by atoms with Crippen molar-refractivity contribution in [3.8, 4) is 0 Å². The van der Waals surface area contributed by atoms with Crippen LogP contribution < -0.4 is 0 Å². The summed E-state index contributed by atoms with van der Waals surface area (Å²) in [4.78, 5) is 2.49. The molecule has 1 heterocycles. The lowest BCUT2D eigenvalue weighted by atomic mass is 9.99. The zero-order valence-electron chi connectivity index (χ0n) is 12.9. The fourth-order valence-electron chi connectivity index (χ4n) is 2.88. The number of halogens is 1. The third kappa shape index (κ3) is 4.84. The van der Waals surface area contributed by atoms with E-state index in [-0.39, 0.29) is 12.4 Å². The summed E-state index contributed by atoms with van der Waals surface area (Å²) in [7, 11) is 0. The van der Waals surface area contributed by atoms with Crippen molar-refractivity contribution in [1.29, 1.82) is 0 Å². The number of benzene rings is 2. The van der Waals surface area contributed by atoms with Crippen molar-refractivity contribution < 1.29 is 4.74 Å².